The van der Waals surface area contributed by atoms with E-state index < -0.39 is 0 Å². The van der Waals surface area contributed by atoms with E-state index in [1.807, 2.05) is 35.6 Å². The highest BCUT2D eigenvalue weighted by atomic mass is 32.1. The summed E-state index contributed by atoms with van der Waals surface area (Å²) in [7, 11) is 0. The molecule has 0 aliphatic carbocycles. The number of hydrogen-bond acceptors (Lipinski definition) is 3. The van der Waals surface area contributed by atoms with Crippen LogP contribution >= 0.6 is 11.3 Å². The molecule has 3 heteroatoms. The average Bonchev–Trinajstić information content (AvgIpc) is 3.62. The molecule has 10 aromatic rings. The van der Waals surface area contributed by atoms with Gasteiger partial charge in [-0.15, -0.1) is 11.3 Å². The summed E-state index contributed by atoms with van der Waals surface area (Å²) >= 11 is 1.86. The summed E-state index contributed by atoms with van der Waals surface area (Å²) < 4.78 is 2.66. The van der Waals surface area contributed by atoms with Gasteiger partial charge in [-0.1, -0.05) is 146 Å². The molecule has 0 spiro atoms. The third-order valence-electron chi connectivity index (χ3n) is 10.1. The fourth-order valence-electron chi connectivity index (χ4n) is 7.32. The first-order chi connectivity index (χ1) is 26.2. The van der Waals surface area contributed by atoms with Crippen LogP contribution in [0.3, 0.4) is 0 Å². The molecule has 0 amide bonds. The lowest BCUT2D eigenvalue weighted by atomic mass is 9.95. The molecule has 248 valence electrons. The molecule has 0 fully saturated rings. The van der Waals surface area contributed by atoms with Crippen LogP contribution in [-0.2, 0) is 0 Å². The van der Waals surface area contributed by atoms with Gasteiger partial charge in [0, 0.05) is 36.9 Å². The highest BCUT2D eigenvalue weighted by molar-refractivity contribution is 7.25. The molecule has 2 nitrogen and oxygen atoms in total. The number of nitrogens with zero attached hydrogens (tertiary/aromatic N) is 2. The molecular formula is C50H32N2S. The predicted octanol–water partition coefficient (Wildman–Crippen LogP) is 14.0. The predicted molar refractivity (Wildman–Crippen MR) is 225 cm³/mol. The number of fused-ring (bicyclic) bond motifs is 4. The van der Waals surface area contributed by atoms with Crippen molar-refractivity contribution < 1.29 is 0 Å². The zero-order valence-corrected chi connectivity index (χ0v) is 29.6. The van der Waals surface area contributed by atoms with Crippen molar-refractivity contribution in [2.45, 2.75) is 0 Å². The number of thiophene rings is 1. The summed E-state index contributed by atoms with van der Waals surface area (Å²) in [4.78, 5) is 10.2. The summed E-state index contributed by atoms with van der Waals surface area (Å²) in [5.74, 6) is 0.713. The normalized spacial score (nSPS) is 11.4. The van der Waals surface area contributed by atoms with Gasteiger partial charge in [-0.05, 0) is 92.7 Å². The number of hydrogen-bond donors (Lipinski definition) is 0. The first kappa shape index (κ1) is 31.1. The minimum atomic E-state index is 0.713. The van der Waals surface area contributed by atoms with Crippen LogP contribution < -0.4 is 0 Å². The Bertz CT molecular complexity index is 2950. The minimum Gasteiger partial charge on any atom is -0.228 e. The minimum absolute atomic E-state index is 0.713. The van der Waals surface area contributed by atoms with E-state index in [0.29, 0.717) is 5.82 Å². The summed E-state index contributed by atoms with van der Waals surface area (Å²) in [5.41, 5.74) is 12.1. The lowest BCUT2D eigenvalue weighted by Crippen LogP contribution is -1.96. The quantitative estimate of drug-likeness (QED) is 0.173. The van der Waals surface area contributed by atoms with E-state index in [-0.39, 0.29) is 0 Å². The van der Waals surface area contributed by atoms with Gasteiger partial charge in [-0.3, -0.25) is 0 Å². The van der Waals surface area contributed by atoms with Gasteiger partial charge in [0.2, 0.25) is 0 Å². The molecule has 0 saturated carbocycles. The fraction of sp³-hybridized carbons (Fsp3) is 0. The molecule has 8 aromatic carbocycles. The third kappa shape index (κ3) is 5.97. The summed E-state index contributed by atoms with van der Waals surface area (Å²) in [5, 5.41) is 5.01. The van der Waals surface area contributed by atoms with E-state index in [2.05, 4.69) is 170 Å². The molecule has 0 aliphatic heterocycles. The van der Waals surface area contributed by atoms with Gasteiger partial charge >= 0.3 is 0 Å². The Morgan fingerprint density at radius 2 is 0.755 bits per heavy atom. The van der Waals surface area contributed by atoms with Crippen molar-refractivity contribution in [3.05, 3.63) is 194 Å². The third-order valence-corrected chi connectivity index (χ3v) is 11.2. The maximum atomic E-state index is 5.11. The van der Waals surface area contributed by atoms with Gasteiger partial charge in [-0.2, -0.15) is 0 Å². The largest absolute Gasteiger partial charge is 0.228 e. The highest BCUT2D eigenvalue weighted by Crippen LogP contribution is 2.38. The lowest BCUT2D eigenvalue weighted by molar-refractivity contribution is 1.18. The summed E-state index contributed by atoms with van der Waals surface area (Å²) in [6, 6.07) is 69.3. The zero-order chi connectivity index (χ0) is 35.1. The van der Waals surface area contributed by atoms with Gasteiger partial charge in [0.25, 0.3) is 0 Å². The first-order valence-corrected chi connectivity index (χ1v) is 18.7. The molecule has 10 rings (SSSR count). The van der Waals surface area contributed by atoms with Crippen LogP contribution in [0.5, 0.6) is 0 Å². The Kier molecular flexibility index (Phi) is 7.71. The maximum absolute atomic E-state index is 5.11. The summed E-state index contributed by atoms with van der Waals surface area (Å²) in [6.45, 7) is 0. The molecule has 0 N–H and O–H groups in total. The fourth-order valence-corrected chi connectivity index (χ4v) is 8.40. The SMILES string of the molecule is c1ccc(-c2cccc(-c3cc(-c4ccc5cc(-c6cccc(-c7ccc8sc9ccccc9c8c7)c6)ccc5c4)nc(-c4ccccc4)n3)c2)cc1. The molecule has 0 atom stereocenters. The second-order valence-corrected chi connectivity index (χ2v) is 14.5. The van der Waals surface area contributed by atoms with Crippen molar-refractivity contribution >= 4 is 42.3 Å². The molecule has 0 bridgehead atoms. The Labute approximate surface area is 312 Å². The first-order valence-electron chi connectivity index (χ1n) is 17.9. The van der Waals surface area contributed by atoms with Crippen LogP contribution in [0.4, 0.5) is 0 Å². The van der Waals surface area contributed by atoms with Crippen LogP contribution in [0, 0.1) is 0 Å². The van der Waals surface area contributed by atoms with Crippen LogP contribution in [0.1, 0.15) is 0 Å². The molecule has 0 saturated heterocycles. The van der Waals surface area contributed by atoms with Crippen LogP contribution in [0.25, 0.3) is 98.2 Å². The van der Waals surface area contributed by atoms with Gasteiger partial charge < -0.3 is 0 Å². The van der Waals surface area contributed by atoms with E-state index in [0.717, 1.165) is 33.6 Å². The Hall–Kier alpha value is -6.68. The smallest absolute Gasteiger partial charge is 0.160 e. The second kappa shape index (κ2) is 13.1. The van der Waals surface area contributed by atoms with Gasteiger partial charge in [0.05, 0.1) is 11.4 Å². The maximum Gasteiger partial charge on any atom is 0.160 e. The van der Waals surface area contributed by atoms with Crippen molar-refractivity contribution in [2.24, 2.45) is 0 Å². The molecule has 2 heterocycles. The molecule has 0 aliphatic rings. The van der Waals surface area contributed by atoms with Crippen LogP contribution in [0.15, 0.2) is 194 Å². The van der Waals surface area contributed by atoms with Crippen molar-refractivity contribution in [3.8, 4) is 67.3 Å². The standard InChI is InChI=1S/C50H32N2S/c1-3-11-33(12-4-1)35-15-10-18-42(29-35)46-32-47(52-50(51-46)34-13-5-2-6-14-34)43-24-23-39-28-38(21-22-40(39)30-43)36-16-9-17-37(27-36)41-25-26-49-45(31-41)44-19-7-8-20-48(44)53-49/h1-32H. The molecule has 53 heavy (non-hydrogen) atoms. The Morgan fingerprint density at radius 1 is 0.283 bits per heavy atom. The van der Waals surface area contributed by atoms with Crippen molar-refractivity contribution in [1.82, 2.24) is 9.97 Å². The Morgan fingerprint density at radius 3 is 1.49 bits per heavy atom. The monoisotopic (exact) mass is 692 g/mol. The average molecular weight is 693 g/mol. The number of benzene rings is 8. The van der Waals surface area contributed by atoms with E-state index >= 15 is 0 Å². The second-order valence-electron chi connectivity index (χ2n) is 13.4. The van der Waals surface area contributed by atoms with Gasteiger partial charge in [0.1, 0.15) is 0 Å². The van der Waals surface area contributed by atoms with Gasteiger partial charge in [-0.25, -0.2) is 9.97 Å². The van der Waals surface area contributed by atoms with Crippen molar-refractivity contribution in [1.29, 1.82) is 0 Å². The van der Waals surface area contributed by atoms with E-state index in [1.54, 1.807) is 0 Å². The van der Waals surface area contributed by atoms with Gasteiger partial charge in [0.15, 0.2) is 5.82 Å². The molecular weight excluding hydrogens is 661 g/mol. The zero-order valence-electron chi connectivity index (χ0n) is 28.8. The summed E-state index contributed by atoms with van der Waals surface area (Å²) in [6.07, 6.45) is 0. The van der Waals surface area contributed by atoms with Crippen molar-refractivity contribution in [3.63, 3.8) is 0 Å². The topological polar surface area (TPSA) is 25.8 Å². The van der Waals surface area contributed by atoms with Crippen LogP contribution in [0.2, 0.25) is 0 Å². The molecule has 2 aromatic heterocycles. The number of rotatable bonds is 6. The van der Waals surface area contributed by atoms with Crippen LogP contribution in [-0.4, -0.2) is 9.97 Å². The Balaban J connectivity index is 1.01. The van der Waals surface area contributed by atoms with E-state index in [4.69, 9.17) is 9.97 Å². The molecule has 0 unspecified atom stereocenters. The lowest BCUT2D eigenvalue weighted by Gasteiger charge is -2.12. The van der Waals surface area contributed by atoms with E-state index in [1.165, 1.54) is 58.8 Å². The van der Waals surface area contributed by atoms with E-state index in [9.17, 15) is 0 Å². The highest BCUT2D eigenvalue weighted by Gasteiger charge is 2.13. The molecule has 0 radical (unpaired) electrons. The number of aromatic nitrogens is 2. The van der Waals surface area contributed by atoms with Crippen molar-refractivity contribution in [2.75, 3.05) is 0 Å².